The quantitative estimate of drug-likeness (QED) is 0.713. The SMILES string of the molecule is O=C(NCCO)c1ccccc1C1CC1C(=O)O. The molecule has 5 nitrogen and oxygen atoms in total. The van der Waals surface area contributed by atoms with E-state index in [1.165, 1.54) is 0 Å². The molecule has 0 spiro atoms. The molecule has 1 aromatic rings. The Kier molecular flexibility index (Phi) is 3.62. The summed E-state index contributed by atoms with van der Waals surface area (Å²) in [5.41, 5.74) is 1.28. The molecule has 0 radical (unpaired) electrons. The Labute approximate surface area is 104 Å². The van der Waals surface area contributed by atoms with Gasteiger partial charge >= 0.3 is 5.97 Å². The predicted molar refractivity (Wildman–Crippen MR) is 64.3 cm³/mol. The highest BCUT2D eigenvalue weighted by molar-refractivity contribution is 5.96. The molecular formula is C13H15NO4. The summed E-state index contributed by atoms with van der Waals surface area (Å²) in [5.74, 6) is -1.53. The lowest BCUT2D eigenvalue weighted by Crippen LogP contribution is -2.27. The topological polar surface area (TPSA) is 86.6 Å². The summed E-state index contributed by atoms with van der Waals surface area (Å²) in [4.78, 5) is 22.7. The van der Waals surface area contributed by atoms with E-state index in [1.54, 1.807) is 24.3 Å². The maximum atomic E-state index is 11.9. The van der Waals surface area contributed by atoms with Crippen LogP contribution in [0, 0.1) is 5.92 Å². The summed E-state index contributed by atoms with van der Waals surface area (Å²) in [6, 6.07) is 7.02. The smallest absolute Gasteiger partial charge is 0.307 e. The maximum Gasteiger partial charge on any atom is 0.307 e. The second-order valence-corrected chi connectivity index (χ2v) is 4.35. The third-order valence-corrected chi connectivity index (χ3v) is 3.11. The monoisotopic (exact) mass is 249 g/mol. The molecule has 0 aromatic heterocycles. The molecule has 3 N–H and O–H groups in total. The molecule has 1 aliphatic rings. The van der Waals surface area contributed by atoms with Gasteiger partial charge in [0.05, 0.1) is 12.5 Å². The van der Waals surface area contributed by atoms with Crippen molar-refractivity contribution in [2.75, 3.05) is 13.2 Å². The number of nitrogens with one attached hydrogen (secondary N) is 1. The number of amides is 1. The zero-order chi connectivity index (χ0) is 13.1. The van der Waals surface area contributed by atoms with E-state index in [4.69, 9.17) is 10.2 Å². The number of hydrogen-bond donors (Lipinski definition) is 3. The van der Waals surface area contributed by atoms with Crippen molar-refractivity contribution < 1.29 is 19.8 Å². The first-order valence-corrected chi connectivity index (χ1v) is 5.86. The molecule has 2 atom stereocenters. The zero-order valence-corrected chi connectivity index (χ0v) is 9.80. The highest BCUT2D eigenvalue weighted by atomic mass is 16.4. The van der Waals surface area contributed by atoms with E-state index in [9.17, 15) is 9.59 Å². The molecule has 5 heteroatoms. The van der Waals surface area contributed by atoms with Gasteiger partial charge in [-0.15, -0.1) is 0 Å². The molecule has 1 amide bonds. The van der Waals surface area contributed by atoms with Gasteiger partial charge in [-0.05, 0) is 24.0 Å². The number of carboxylic acids is 1. The van der Waals surface area contributed by atoms with Crippen molar-refractivity contribution in [2.24, 2.45) is 5.92 Å². The largest absolute Gasteiger partial charge is 0.481 e. The minimum absolute atomic E-state index is 0.0708. The normalized spacial score (nSPS) is 21.4. The van der Waals surface area contributed by atoms with Gasteiger partial charge in [-0.1, -0.05) is 18.2 Å². The van der Waals surface area contributed by atoms with Crippen LogP contribution in [-0.4, -0.2) is 35.2 Å². The Bertz CT molecular complexity index is 472. The molecule has 18 heavy (non-hydrogen) atoms. The van der Waals surface area contributed by atoms with Gasteiger partial charge in [-0.25, -0.2) is 0 Å². The third-order valence-electron chi connectivity index (χ3n) is 3.11. The molecule has 1 aliphatic carbocycles. The minimum atomic E-state index is -0.814. The summed E-state index contributed by atoms with van der Waals surface area (Å²) in [6.45, 7) is 0.0787. The number of carbonyl (C=O) groups excluding carboxylic acids is 1. The Hall–Kier alpha value is -1.88. The molecule has 0 saturated heterocycles. The van der Waals surface area contributed by atoms with Crippen LogP contribution >= 0.6 is 0 Å². The van der Waals surface area contributed by atoms with E-state index in [-0.39, 0.29) is 30.9 Å². The number of carboxylic acid groups (broad SMARTS) is 1. The second kappa shape index (κ2) is 5.18. The van der Waals surface area contributed by atoms with Crippen molar-refractivity contribution in [3.63, 3.8) is 0 Å². The average molecular weight is 249 g/mol. The maximum absolute atomic E-state index is 11.9. The van der Waals surface area contributed by atoms with Gasteiger partial charge < -0.3 is 15.5 Å². The molecule has 2 unspecified atom stereocenters. The second-order valence-electron chi connectivity index (χ2n) is 4.35. The number of benzene rings is 1. The fourth-order valence-corrected chi connectivity index (χ4v) is 2.10. The van der Waals surface area contributed by atoms with Gasteiger partial charge in [-0.2, -0.15) is 0 Å². The van der Waals surface area contributed by atoms with Gasteiger partial charge in [0.1, 0.15) is 0 Å². The number of rotatable bonds is 5. The molecular weight excluding hydrogens is 234 g/mol. The lowest BCUT2D eigenvalue weighted by Gasteiger charge is -2.08. The minimum Gasteiger partial charge on any atom is -0.481 e. The predicted octanol–water partition coefficient (Wildman–Crippen LogP) is 0.597. The van der Waals surface area contributed by atoms with E-state index in [1.807, 2.05) is 0 Å². The molecule has 0 heterocycles. The molecule has 0 bridgehead atoms. The molecule has 96 valence electrons. The van der Waals surface area contributed by atoms with E-state index in [2.05, 4.69) is 5.32 Å². The highest BCUT2D eigenvalue weighted by Crippen LogP contribution is 2.48. The average Bonchev–Trinajstić information content (AvgIpc) is 3.16. The summed E-state index contributed by atoms with van der Waals surface area (Å²) >= 11 is 0. The van der Waals surface area contributed by atoms with E-state index in [0.717, 1.165) is 5.56 Å². The van der Waals surface area contributed by atoms with Crippen molar-refractivity contribution in [3.8, 4) is 0 Å². The Morgan fingerprint density at radius 3 is 2.67 bits per heavy atom. The summed E-state index contributed by atoms with van der Waals surface area (Å²) in [7, 11) is 0. The number of carbonyl (C=O) groups is 2. The summed E-state index contributed by atoms with van der Waals surface area (Å²) in [5, 5.41) is 20.2. The Balaban J connectivity index is 2.16. The molecule has 2 rings (SSSR count). The fraction of sp³-hybridized carbons (Fsp3) is 0.385. The molecule has 0 aliphatic heterocycles. The van der Waals surface area contributed by atoms with Crippen LogP contribution in [-0.2, 0) is 4.79 Å². The van der Waals surface area contributed by atoms with E-state index >= 15 is 0 Å². The highest BCUT2D eigenvalue weighted by Gasteiger charge is 2.45. The number of aliphatic hydroxyl groups is 1. The lowest BCUT2D eigenvalue weighted by atomic mass is 10.0. The van der Waals surface area contributed by atoms with Crippen molar-refractivity contribution in [2.45, 2.75) is 12.3 Å². The van der Waals surface area contributed by atoms with Gasteiger partial charge in [-0.3, -0.25) is 9.59 Å². The lowest BCUT2D eigenvalue weighted by molar-refractivity contribution is -0.138. The van der Waals surface area contributed by atoms with E-state index < -0.39 is 5.97 Å². The first kappa shape index (κ1) is 12.6. The van der Waals surface area contributed by atoms with Gasteiger partial charge in [0.2, 0.25) is 0 Å². The zero-order valence-electron chi connectivity index (χ0n) is 9.80. The van der Waals surface area contributed by atoms with Crippen LogP contribution in [0.25, 0.3) is 0 Å². The summed E-state index contributed by atoms with van der Waals surface area (Å²) in [6.07, 6.45) is 0.583. The van der Waals surface area contributed by atoms with Gasteiger partial charge in [0.15, 0.2) is 0 Å². The van der Waals surface area contributed by atoms with Gasteiger partial charge in [0, 0.05) is 12.1 Å². The molecule has 1 aromatic carbocycles. The van der Waals surface area contributed by atoms with E-state index in [0.29, 0.717) is 12.0 Å². The number of aliphatic carboxylic acids is 1. The first-order chi connectivity index (χ1) is 8.65. The van der Waals surface area contributed by atoms with Crippen LogP contribution in [0.5, 0.6) is 0 Å². The van der Waals surface area contributed by atoms with Crippen molar-refractivity contribution in [3.05, 3.63) is 35.4 Å². The summed E-state index contributed by atoms with van der Waals surface area (Å²) < 4.78 is 0. The standard InChI is InChI=1S/C13H15NO4/c15-6-5-14-12(16)9-4-2-1-3-8(9)10-7-11(10)13(17)18/h1-4,10-11,15H,5-7H2,(H,14,16)(H,17,18). The first-order valence-electron chi connectivity index (χ1n) is 5.86. The van der Waals surface area contributed by atoms with Gasteiger partial charge in [0.25, 0.3) is 5.91 Å². The number of hydrogen-bond acceptors (Lipinski definition) is 3. The van der Waals surface area contributed by atoms with Crippen molar-refractivity contribution in [1.82, 2.24) is 5.32 Å². The van der Waals surface area contributed by atoms with Crippen LogP contribution in [0.4, 0.5) is 0 Å². The Morgan fingerprint density at radius 2 is 2.06 bits per heavy atom. The van der Waals surface area contributed by atoms with Crippen LogP contribution < -0.4 is 5.32 Å². The Morgan fingerprint density at radius 1 is 1.33 bits per heavy atom. The van der Waals surface area contributed by atoms with Crippen molar-refractivity contribution >= 4 is 11.9 Å². The van der Waals surface area contributed by atoms with Crippen molar-refractivity contribution in [1.29, 1.82) is 0 Å². The van der Waals surface area contributed by atoms with Crippen LogP contribution in [0.15, 0.2) is 24.3 Å². The fourth-order valence-electron chi connectivity index (χ4n) is 2.10. The number of aliphatic hydroxyl groups excluding tert-OH is 1. The molecule has 1 saturated carbocycles. The van der Waals surface area contributed by atoms with Crippen LogP contribution in [0.2, 0.25) is 0 Å². The third kappa shape index (κ3) is 2.51. The van der Waals surface area contributed by atoms with Crippen LogP contribution in [0.1, 0.15) is 28.3 Å². The molecule has 1 fully saturated rings. The van der Waals surface area contributed by atoms with Crippen LogP contribution in [0.3, 0.4) is 0 Å².